The molecule has 0 aliphatic heterocycles. The quantitative estimate of drug-likeness (QED) is 0.748. The molecular formula is C18H21N3O2S. The molecule has 2 aromatic heterocycles. The monoisotopic (exact) mass is 343 g/mol. The van der Waals surface area contributed by atoms with E-state index >= 15 is 0 Å². The first kappa shape index (κ1) is 16.5. The predicted octanol–water partition coefficient (Wildman–Crippen LogP) is 4.39. The van der Waals surface area contributed by atoms with Crippen LogP contribution in [0.1, 0.15) is 34.8 Å². The number of aromatic nitrogens is 2. The maximum Gasteiger partial charge on any atom is 0.274 e. The Labute approximate surface area is 145 Å². The van der Waals surface area contributed by atoms with Gasteiger partial charge < -0.3 is 9.30 Å². The van der Waals surface area contributed by atoms with Crippen LogP contribution in [-0.4, -0.2) is 22.1 Å². The van der Waals surface area contributed by atoms with Gasteiger partial charge in [0, 0.05) is 28.5 Å². The van der Waals surface area contributed by atoms with Crippen molar-refractivity contribution in [2.45, 2.75) is 34.2 Å². The Kier molecular flexibility index (Phi) is 4.57. The van der Waals surface area contributed by atoms with E-state index in [1.54, 1.807) is 6.20 Å². The number of anilines is 1. The molecule has 5 nitrogen and oxygen atoms in total. The number of nitrogens with zero attached hydrogens (tertiary/aromatic N) is 2. The summed E-state index contributed by atoms with van der Waals surface area (Å²) in [4.78, 5) is 18.1. The van der Waals surface area contributed by atoms with E-state index < -0.39 is 0 Å². The molecule has 0 radical (unpaired) electrons. The first-order valence-electron chi connectivity index (χ1n) is 8.04. The molecule has 6 heteroatoms. The molecule has 0 saturated carbocycles. The molecule has 3 rings (SSSR count). The summed E-state index contributed by atoms with van der Waals surface area (Å²) in [5, 5.41) is 4.58. The molecule has 0 fully saturated rings. The van der Waals surface area contributed by atoms with Crippen molar-refractivity contribution in [2.24, 2.45) is 0 Å². The van der Waals surface area contributed by atoms with Crippen LogP contribution >= 0.6 is 11.3 Å². The van der Waals surface area contributed by atoms with Gasteiger partial charge in [-0.25, -0.2) is 4.98 Å². The van der Waals surface area contributed by atoms with Crippen LogP contribution in [0.3, 0.4) is 0 Å². The summed E-state index contributed by atoms with van der Waals surface area (Å²) in [5.41, 5.74) is 2.67. The zero-order chi connectivity index (χ0) is 17.3. The van der Waals surface area contributed by atoms with Crippen molar-refractivity contribution in [3.63, 3.8) is 0 Å². The molecule has 0 spiro atoms. The summed E-state index contributed by atoms with van der Waals surface area (Å²) in [6.45, 7) is 9.29. The number of carbonyl (C=O) groups is 1. The minimum atomic E-state index is -0.127. The highest BCUT2D eigenvalue weighted by Crippen LogP contribution is 2.30. The lowest BCUT2D eigenvalue weighted by atomic mass is 10.1. The Morgan fingerprint density at radius 1 is 1.33 bits per heavy atom. The normalized spacial score (nSPS) is 11.0. The lowest BCUT2D eigenvalue weighted by Crippen LogP contribution is -2.17. The summed E-state index contributed by atoms with van der Waals surface area (Å²) in [6, 6.07) is 5.97. The molecule has 24 heavy (non-hydrogen) atoms. The van der Waals surface area contributed by atoms with Gasteiger partial charge in [0.1, 0.15) is 11.4 Å². The average molecular weight is 343 g/mol. The minimum Gasteiger partial charge on any atom is -0.494 e. The Balaban J connectivity index is 2.05. The second-order valence-corrected chi connectivity index (χ2v) is 6.79. The van der Waals surface area contributed by atoms with Gasteiger partial charge >= 0.3 is 0 Å². The Morgan fingerprint density at radius 3 is 2.75 bits per heavy atom. The zero-order valence-electron chi connectivity index (χ0n) is 14.3. The van der Waals surface area contributed by atoms with Crippen LogP contribution in [-0.2, 0) is 6.54 Å². The van der Waals surface area contributed by atoms with Crippen LogP contribution in [0.25, 0.3) is 10.9 Å². The van der Waals surface area contributed by atoms with Crippen molar-refractivity contribution in [3.8, 4) is 5.75 Å². The largest absolute Gasteiger partial charge is 0.494 e. The van der Waals surface area contributed by atoms with Gasteiger partial charge in [-0.3, -0.25) is 10.1 Å². The lowest BCUT2D eigenvalue weighted by molar-refractivity contribution is 0.101. The van der Waals surface area contributed by atoms with E-state index in [0.717, 1.165) is 33.6 Å². The average Bonchev–Trinajstić information content (AvgIpc) is 3.08. The number of thiazole rings is 1. The summed E-state index contributed by atoms with van der Waals surface area (Å²) < 4.78 is 7.63. The smallest absolute Gasteiger partial charge is 0.274 e. The molecule has 0 bridgehead atoms. The fourth-order valence-corrected chi connectivity index (χ4v) is 3.61. The molecule has 1 amide bonds. The van der Waals surface area contributed by atoms with Crippen molar-refractivity contribution in [1.82, 2.24) is 9.55 Å². The topological polar surface area (TPSA) is 56.1 Å². The van der Waals surface area contributed by atoms with Crippen molar-refractivity contribution < 1.29 is 9.53 Å². The van der Waals surface area contributed by atoms with Crippen LogP contribution < -0.4 is 10.1 Å². The van der Waals surface area contributed by atoms with Crippen LogP contribution in [0.4, 0.5) is 5.13 Å². The second-order valence-electron chi connectivity index (χ2n) is 5.56. The first-order chi connectivity index (χ1) is 11.5. The molecule has 0 aliphatic carbocycles. The molecule has 0 saturated heterocycles. The number of ether oxygens (including phenoxy) is 1. The number of nitrogens with one attached hydrogen (secondary N) is 1. The van der Waals surface area contributed by atoms with Crippen LogP contribution in [0, 0.1) is 13.8 Å². The van der Waals surface area contributed by atoms with E-state index in [0.29, 0.717) is 17.4 Å². The fraction of sp³-hybridized carbons (Fsp3) is 0.333. The lowest BCUT2D eigenvalue weighted by Gasteiger charge is -2.08. The van der Waals surface area contributed by atoms with Crippen molar-refractivity contribution in [1.29, 1.82) is 0 Å². The Morgan fingerprint density at radius 2 is 2.12 bits per heavy atom. The van der Waals surface area contributed by atoms with Gasteiger partial charge in [0.15, 0.2) is 5.13 Å². The number of aryl methyl sites for hydroxylation is 3. The third-order valence-electron chi connectivity index (χ3n) is 3.97. The Bertz CT molecular complexity index is 895. The van der Waals surface area contributed by atoms with Crippen LogP contribution in [0.2, 0.25) is 0 Å². The van der Waals surface area contributed by atoms with Gasteiger partial charge in [-0.05, 0) is 51.5 Å². The van der Waals surface area contributed by atoms with Crippen molar-refractivity contribution in [3.05, 3.63) is 40.5 Å². The fourth-order valence-electron chi connectivity index (χ4n) is 2.95. The maximum atomic E-state index is 12.8. The summed E-state index contributed by atoms with van der Waals surface area (Å²) in [5.74, 6) is 0.696. The molecule has 126 valence electrons. The summed E-state index contributed by atoms with van der Waals surface area (Å²) >= 11 is 1.47. The number of hydrogen-bond acceptors (Lipinski definition) is 4. The van der Waals surface area contributed by atoms with E-state index in [1.807, 2.05) is 50.5 Å². The molecular weight excluding hydrogens is 322 g/mol. The highest BCUT2D eigenvalue weighted by Gasteiger charge is 2.20. The third kappa shape index (κ3) is 2.89. The van der Waals surface area contributed by atoms with E-state index in [4.69, 9.17) is 4.74 Å². The molecule has 1 N–H and O–H groups in total. The number of fused-ring (bicyclic) bond motifs is 1. The number of rotatable bonds is 5. The second kappa shape index (κ2) is 6.65. The van der Waals surface area contributed by atoms with E-state index in [1.165, 1.54) is 11.3 Å². The summed E-state index contributed by atoms with van der Waals surface area (Å²) in [7, 11) is 0. The van der Waals surface area contributed by atoms with Gasteiger partial charge in [0.25, 0.3) is 5.91 Å². The predicted molar refractivity (Wildman–Crippen MR) is 98.3 cm³/mol. The van der Waals surface area contributed by atoms with Crippen LogP contribution in [0.15, 0.2) is 24.4 Å². The minimum absolute atomic E-state index is 0.127. The summed E-state index contributed by atoms with van der Waals surface area (Å²) in [6.07, 6.45) is 1.76. The molecule has 2 heterocycles. The molecule has 0 unspecified atom stereocenters. The molecule has 3 aromatic rings. The van der Waals surface area contributed by atoms with Gasteiger partial charge in [0.2, 0.25) is 0 Å². The highest BCUT2D eigenvalue weighted by atomic mass is 32.1. The zero-order valence-corrected chi connectivity index (χ0v) is 15.2. The number of hydrogen-bond donors (Lipinski definition) is 1. The van der Waals surface area contributed by atoms with Gasteiger partial charge in [-0.2, -0.15) is 0 Å². The number of benzene rings is 1. The van der Waals surface area contributed by atoms with Gasteiger partial charge in [-0.15, -0.1) is 11.3 Å². The number of amides is 1. The third-order valence-corrected chi connectivity index (χ3v) is 4.80. The Hall–Kier alpha value is -2.34. The maximum absolute atomic E-state index is 12.8. The van der Waals surface area contributed by atoms with Gasteiger partial charge in [0.05, 0.1) is 6.61 Å². The first-order valence-corrected chi connectivity index (χ1v) is 8.86. The van der Waals surface area contributed by atoms with E-state index in [2.05, 4.69) is 10.3 Å². The highest BCUT2D eigenvalue weighted by molar-refractivity contribution is 7.15. The number of carbonyl (C=O) groups excluding carboxylic acids is 1. The van der Waals surface area contributed by atoms with Gasteiger partial charge in [-0.1, -0.05) is 0 Å². The van der Waals surface area contributed by atoms with E-state index in [-0.39, 0.29) is 5.91 Å². The molecule has 1 aromatic carbocycles. The SMILES string of the molecule is CCOc1ccc2c(c1)c(C)c(C(=O)Nc1ncc(C)s1)n2CC. The van der Waals surface area contributed by atoms with Crippen molar-refractivity contribution >= 4 is 33.3 Å². The van der Waals surface area contributed by atoms with Crippen LogP contribution in [0.5, 0.6) is 5.75 Å². The van der Waals surface area contributed by atoms with E-state index in [9.17, 15) is 4.79 Å². The molecule has 0 atom stereocenters. The van der Waals surface area contributed by atoms with Crippen molar-refractivity contribution in [2.75, 3.05) is 11.9 Å². The molecule has 0 aliphatic rings. The standard InChI is InChI=1S/C18H21N3O2S/c1-5-21-15-8-7-13(23-6-2)9-14(15)12(4)16(21)17(22)20-18-19-10-11(3)24-18/h7-10H,5-6H2,1-4H3,(H,19,20,22).